The van der Waals surface area contributed by atoms with E-state index in [1.807, 2.05) is 51.1 Å². The van der Waals surface area contributed by atoms with E-state index in [9.17, 15) is 19.2 Å². The van der Waals surface area contributed by atoms with Gasteiger partial charge in [0.05, 0.1) is 7.11 Å². The summed E-state index contributed by atoms with van der Waals surface area (Å²) >= 11 is 0. The van der Waals surface area contributed by atoms with E-state index in [-0.39, 0.29) is 13.0 Å². The number of nitrogens with zero attached hydrogens (tertiary/aromatic N) is 1. The highest BCUT2D eigenvalue weighted by molar-refractivity contribution is 5.93. The smallest absolute Gasteiger partial charge is 0.408 e. The average molecular weight is 526 g/mol. The van der Waals surface area contributed by atoms with E-state index in [1.165, 1.54) is 12.0 Å². The van der Waals surface area contributed by atoms with Crippen molar-refractivity contribution < 1.29 is 28.7 Å². The zero-order chi connectivity index (χ0) is 28.5. The van der Waals surface area contributed by atoms with Gasteiger partial charge in [-0.15, -0.1) is 0 Å². The van der Waals surface area contributed by atoms with Crippen molar-refractivity contribution in [1.29, 1.82) is 0 Å². The van der Waals surface area contributed by atoms with Gasteiger partial charge in [0.15, 0.2) is 0 Å². The van der Waals surface area contributed by atoms with Crippen molar-refractivity contribution in [2.75, 3.05) is 13.7 Å². The number of carbonyl (C=O) groups excluding carboxylic acids is 4. The van der Waals surface area contributed by atoms with Crippen LogP contribution in [0.3, 0.4) is 0 Å². The first kappa shape index (κ1) is 30.3. The van der Waals surface area contributed by atoms with Gasteiger partial charge >= 0.3 is 12.1 Å². The Kier molecular flexibility index (Phi) is 10.4. The molecule has 0 aliphatic rings. The van der Waals surface area contributed by atoms with E-state index in [0.717, 1.165) is 5.56 Å². The van der Waals surface area contributed by atoms with Gasteiger partial charge in [0, 0.05) is 12.0 Å². The predicted molar refractivity (Wildman–Crippen MR) is 144 cm³/mol. The van der Waals surface area contributed by atoms with E-state index >= 15 is 0 Å². The number of carbonyl (C=O) groups is 4. The second-order valence-corrected chi connectivity index (χ2v) is 10.9. The highest BCUT2D eigenvalue weighted by Crippen LogP contribution is 2.30. The summed E-state index contributed by atoms with van der Waals surface area (Å²) in [6.45, 7) is 10.3. The van der Waals surface area contributed by atoms with Gasteiger partial charge in [-0.25, -0.2) is 4.79 Å². The fraction of sp³-hybridized carbons (Fsp3) is 0.448. The maximum Gasteiger partial charge on any atom is 0.408 e. The molecule has 0 radical (unpaired) electrons. The Labute approximate surface area is 224 Å². The summed E-state index contributed by atoms with van der Waals surface area (Å²) in [6, 6.07) is 16.0. The number of rotatable bonds is 9. The molecular formula is C29H39N3O6. The molecule has 0 fully saturated rings. The van der Waals surface area contributed by atoms with Crippen molar-refractivity contribution in [3.05, 3.63) is 71.8 Å². The lowest BCUT2D eigenvalue weighted by atomic mass is 9.94. The third-order valence-electron chi connectivity index (χ3n) is 5.49. The summed E-state index contributed by atoms with van der Waals surface area (Å²) in [5.74, 6) is -1.65. The Morgan fingerprint density at radius 2 is 1.42 bits per heavy atom. The number of methoxy groups -OCH3 is 1. The Balaban J connectivity index is 2.54. The fourth-order valence-corrected chi connectivity index (χ4v) is 3.89. The monoisotopic (exact) mass is 525 g/mol. The van der Waals surface area contributed by atoms with Gasteiger partial charge in [0.25, 0.3) is 0 Å². The molecule has 0 bridgehead atoms. The summed E-state index contributed by atoms with van der Waals surface area (Å²) < 4.78 is 10.1. The Bertz CT molecular complexity index is 1090. The van der Waals surface area contributed by atoms with E-state index in [1.54, 1.807) is 51.1 Å². The highest BCUT2D eigenvalue weighted by Gasteiger charge is 2.42. The number of esters is 1. The molecule has 2 unspecified atom stereocenters. The highest BCUT2D eigenvalue weighted by atomic mass is 16.6. The number of hydrogen-bond acceptors (Lipinski definition) is 6. The Morgan fingerprint density at radius 3 is 1.92 bits per heavy atom. The van der Waals surface area contributed by atoms with Crippen LogP contribution >= 0.6 is 0 Å². The topological polar surface area (TPSA) is 114 Å². The molecule has 2 N–H and O–H groups in total. The number of amides is 3. The minimum absolute atomic E-state index is 0.177. The summed E-state index contributed by atoms with van der Waals surface area (Å²) in [4.78, 5) is 53.8. The summed E-state index contributed by atoms with van der Waals surface area (Å²) in [5, 5.41) is 5.30. The number of nitrogens with one attached hydrogen (secondary N) is 2. The molecule has 0 aliphatic heterocycles. The van der Waals surface area contributed by atoms with E-state index in [4.69, 9.17) is 4.74 Å². The molecule has 9 heteroatoms. The molecule has 0 spiro atoms. The zero-order valence-electron chi connectivity index (χ0n) is 23.2. The summed E-state index contributed by atoms with van der Waals surface area (Å²) in [7, 11) is 1.23. The number of hydrogen-bond donors (Lipinski definition) is 2. The predicted octanol–water partition coefficient (Wildman–Crippen LogP) is 3.78. The van der Waals surface area contributed by atoms with Crippen LogP contribution in [0.15, 0.2) is 60.7 Å². The Hall–Kier alpha value is -3.88. The van der Waals surface area contributed by atoms with Crippen LogP contribution in [0.25, 0.3) is 0 Å². The second-order valence-electron chi connectivity index (χ2n) is 10.9. The summed E-state index contributed by atoms with van der Waals surface area (Å²) in [5.41, 5.74) is -0.254. The van der Waals surface area contributed by atoms with Gasteiger partial charge in [-0.3, -0.25) is 14.4 Å². The lowest BCUT2D eigenvalue weighted by Crippen LogP contribution is -2.59. The minimum atomic E-state index is -1.09. The lowest BCUT2D eigenvalue weighted by Gasteiger charge is -2.43. The van der Waals surface area contributed by atoms with Crippen LogP contribution in [-0.2, 0) is 30.3 Å². The van der Waals surface area contributed by atoms with Crippen LogP contribution in [0.1, 0.15) is 58.7 Å². The van der Waals surface area contributed by atoms with E-state index < -0.39 is 47.1 Å². The molecule has 0 aliphatic carbocycles. The van der Waals surface area contributed by atoms with Gasteiger partial charge in [-0.1, -0.05) is 60.7 Å². The molecule has 9 nitrogen and oxygen atoms in total. The standard InChI is InChI=1S/C29H39N3O6/c1-28(2,3)32(24(21-16-12-9-13-17-21)25(34)30-19-23(33)37-7)26(35)22(18-20-14-10-8-11-15-20)31-27(36)38-29(4,5)6/h8-17,22,24H,18-19H2,1-7H3,(H,30,34)(H,31,36). The molecule has 38 heavy (non-hydrogen) atoms. The largest absolute Gasteiger partial charge is 0.468 e. The SMILES string of the molecule is COC(=O)CNC(=O)C(c1ccccc1)N(C(=O)C(Cc1ccccc1)NC(=O)OC(C)(C)C)C(C)(C)C. The van der Waals surface area contributed by atoms with Gasteiger partial charge in [0.2, 0.25) is 11.8 Å². The van der Waals surface area contributed by atoms with Crippen LogP contribution in [0, 0.1) is 0 Å². The maximum atomic E-state index is 14.3. The van der Waals surface area contributed by atoms with Crippen molar-refractivity contribution in [2.24, 2.45) is 0 Å². The number of benzene rings is 2. The van der Waals surface area contributed by atoms with Crippen molar-refractivity contribution in [2.45, 2.75) is 71.2 Å². The molecule has 0 heterocycles. The molecule has 0 aromatic heterocycles. The molecule has 2 aromatic rings. The van der Waals surface area contributed by atoms with E-state index in [0.29, 0.717) is 5.56 Å². The maximum absolute atomic E-state index is 14.3. The van der Waals surface area contributed by atoms with Crippen molar-refractivity contribution in [3.8, 4) is 0 Å². The normalized spacial score (nSPS) is 13.0. The van der Waals surface area contributed by atoms with Crippen molar-refractivity contribution in [3.63, 3.8) is 0 Å². The van der Waals surface area contributed by atoms with Crippen LogP contribution in [0.4, 0.5) is 4.79 Å². The molecule has 0 saturated carbocycles. The van der Waals surface area contributed by atoms with Crippen LogP contribution < -0.4 is 10.6 Å². The van der Waals surface area contributed by atoms with Crippen LogP contribution in [-0.4, -0.2) is 59.6 Å². The molecule has 0 saturated heterocycles. The molecule has 2 rings (SSSR count). The van der Waals surface area contributed by atoms with Gasteiger partial charge < -0.3 is 25.0 Å². The molecule has 3 amide bonds. The van der Waals surface area contributed by atoms with Gasteiger partial charge in [0.1, 0.15) is 24.2 Å². The van der Waals surface area contributed by atoms with Crippen molar-refractivity contribution in [1.82, 2.24) is 15.5 Å². The first-order chi connectivity index (χ1) is 17.7. The van der Waals surface area contributed by atoms with Gasteiger partial charge in [-0.05, 0) is 52.7 Å². The molecule has 206 valence electrons. The van der Waals surface area contributed by atoms with Crippen LogP contribution in [0.5, 0.6) is 0 Å². The van der Waals surface area contributed by atoms with E-state index in [2.05, 4.69) is 15.4 Å². The molecule has 2 aromatic carbocycles. The first-order valence-electron chi connectivity index (χ1n) is 12.5. The quantitative estimate of drug-likeness (QED) is 0.482. The number of alkyl carbamates (subject to hydrolysis) is 1. The average Bonchev–Trinajstić information content (AvgIpc) is 2.84. The molecular weight excluding hydrogens is 486 g/mol. The summed E-state index contributed by atoms with van der Waals surface area (Å²) in [6.07, 6.45) is -0.566. The fourth-order valence-electron chi connectivity index (χ4n) is 3.89. The first-order valence-corrected chi connectivity index (χ1v) is 12.5. The molecule has 2 atom stereocenters. The van der Waals surface area contributed by atoms with Crippen LogP contribution in [0.2, 0.25) is 0 Å². The minimum Gasteiger partial charge on any atom is -0.468 e. The number of ether oxygens (including phenoxy) is 2. The second kappa shape index (κ2) is 13.1. The lowest BCUT2D eigenvalue weighted by molar-refractivity contribution is -0.149. The third-order valence-corrected chi connectivity index (χ3v) is 5.49. The zero-order valence-corrected chi connectivity index (χ0v) is 23.2. The Morgan fingerprint density at radius 1 is 0.868 bits per heavy atom. The van der Waals surface area contributed by atoms with Crippen molar-refractivity contribution >= 4 is 23.9 Å². The third kappa shape index (κ3) is 9.21. The van der Waals surface area contributed by atoms with Gasteiger partial charge in [-0.2, -0.15) is 0 Å².